The van der Waals surface area contributed by atoms with E-state index in [4.69, 9.17) is 5.73 Å². The molecule has 0 bridgehead atoms. The predicted molar refractivity (Wildman–Crippen MR) is 119 cm³/mol. The van der Waals surface area contributed by atoms with Crippen molar-refractivity contribution in [2.45, 2.75) is 63.6 Å². The van der Waals surface area contributed by atoms with Crippen molar-refractivity contribution in [3.8, 4) is 0 Å². The highest BCUT2D eigenvalue weighted by Gasteiger charge is 2.38. The molecule has 0 spiro atoms. The topological polar surface area (TPSA) is 202 Å². The molecule has 1 aromatic carbocycles. The van der Waals surface area contributed by atoms with Crippen LogP contribution in [0.2, 0.25) is 0 Å². The van der Waals surface area contributed by atoms with Crippen LogP contribution in [0.3, 0.4) is 0 Å². The van der Waals surface area contributed by atoms with E-state index in [-0.39, 0.29) is 5.92 Å². The van der Waals surface area contributed by atoms with E-state index < -0.39 is 66.7 Å². The second kappa shape index (κ2) is 13.2. The van der Waals surface area contributed by atoms with Crippen molar-refractivity contribution in [2.24, 2.45) is 17.6 Å². The van der Waals surface area contributed by atoms with Gasteiger partial charge in [0.15, 0.2) is 6.10 Å². The lowest BCUT2D eigenvalue weighted by Crippen LogP contribution is -2.58. The number of nitrogens with two attached hydrogens (primary N) is 1. The minimum absolute atomic E-state index is 0.116. The molecule has 186 valence electrons. The summed E-state index contributed by atoms with van der Waals surface area (Å²) < 4.78 is 0. The van der Waals surface area contributed by atoms with Gasteiger partial charge in [-0.05, 0) is 24.8 Å². The zero-order valence-corrected chi connectivity index (χ0v) is 19.0. The Kier molecular flexibility index (Phi) is 11.4. The van der Waals surface area contributed by atoms with Gasteiger partial charge in [-0.15, -0.1) is 0 Å². The first kappa shape index (κ1) is 28.5. The fourth-order valence-corrected chi connectivity index (χ4v) is 3.26. The van der Waals surface area contributed by atoms with Gasteiger partial charge in [-0.25, -0.2) is 0 Å². The van der Waals surface area contributed by atoms with Crippen LogP contribution in [0.1, 0.15) is 38.8 Å². The molecular formula is C22H35N3O8. The van der Waals surface area contributed by atoms with Crippen LogP contribution in [-0.4, -0.2) is 80.3 Å². The van der Waals surface area contributed by atoms with E-state index in [0.29, 0.717) is 12.0 Å². The summed E-state index contributed by atoms with van der Waals surface area (Å²) in [4.78, 5) is 36.2. The van der Waals surface area contributed by atoms with Crippen LogP contribution in [0.5, 0.6) is 0 Å². The van der Waals surface area contributed by atoms with Crippen LogP contribution in [0, 0.1) is 11.8 Å². The molecule has 2 amide bonds. The number of carboxylic acids is 1. The lowest BCUT2D eigenvalue weighted by Gasteiger charge is -2.30. The summed E-state index contributed by atoms with van der Waals surface area (Å²) in [6.45, 7) is 4.29. The Morgan fingerprint density at radius 1 is 0.939 bits per heavy atom. The van der Waals surface area contributed by atoms with E-state index in [1.165, 1.54) is 6.92 Å². The van der Waals surface area contributed by atoms with E-state index >= 15 is 0 Å². The number of carbonyl (C=O) groups excluding carboxylic acids is 2. The molecule has 7 atom stereocenters. The molecule has 0 saturated carbocycles. The number of amides is 2. The summed E-state index contributed by atoms with van der Waals surface area (Å²) in [5, 5.41) is 54.5. The number of hydrogen-bond acceptors (Lipinski definition) is 8. The summed E-state index contributed by atoms with van der Waals surface area (Å²) in [7, 11) is 0. The Labute approximate surface area is 192 Å². The molecule has 11 nitrogen and oxygen atoms in total. The molecule has 0 aromatic heterocycles. The van der Waals surface area contributed by atoms with Gasteiger partial charge in [-0.2, -0.15) is 0 Å². The fourth-order valence-electron chi connectivity index (χ4n) is 3.26. The van der Waals surface area contributed by atoms with Crippen molar-refractivity contribution in [2.75, 3.05) is 6.61 Å². The van der Waals surface area contributed by atoms with E-state index in [1.54, 1.807) is 30.3 Å². The molecule has 0 aliphatic heterocycles. The largest absolute Gasteiger partial charge is 0.481 e. The third-order valence-corrected chi connectivity index (χ3v) is 5.29. The molecule has 11 heteroatoms. The Balaban J connectivity index is 2.90. The molecule has 0 aliphatic rings. The van der Waals surface area contributed by atoms with E-state index in [9.17, 15) is 39.9 Å². The van der Waals surface area contributed by atoms with E-state index in [2.05, 4.69) is 10.6 Å². The van der Waals surface area contributed by atoms with Crippen LogP contribution in [0.25, 0.3) is 0 Å². The summed E-state index contributed by atoms with van der Waals surface area (Å²) in [5.74, 6) is -3.96. The van der Waals surface area contributed by atoms with Gasteiger partial charge in [0.25, 0.3) is 5.91 Å². The van der Waals surface area contributed by atoms with Gasteiger partial charge in [-0.3, -0.25) is 14.4 Å². The molecule has 0 radical (unpaired) electrons. The lowest BCUT2D eigenvalue weighted by molar-refractivity contribution is -0.146. The van der Waals surface area contributed by atoms with Crippen molar-refractivity contribution >= 4 is 17.8 Å². The lowest BCUT2D eigenvalue weighted by atomic mass is 9.93. The maximum Gasteiger partial charge on any atom is 0.308 e. The summed E-state index contributed by atoms with van der Waals surface area (Å²) in [5.41, 5.74) is 6.23. The van der Waals surface area contributed by atoms with Gasteiger partial charge >= 0.3 is 5.97 Å². The number of aliphatic hydroxyl groups excluding tert-OH is 4. The van der Waals surface area contributed by atoms with E-state index in [0.717, 1.165) is 0 Å². The molecule has 33 heavy (non-hydrogen) atoms. The van der Waals surface area contributed by atoms with Crippen LogP contribution in [0.4, 0.5) is 0 Å². The quantitative estimate of drug-likeness (QED) is 0.169. The van der Waals surface area contributed by atoms with Crippen molar-refractivity contribution < 1.29 is 39.9 Å². The van der Waals surface area contributed by atoms with Gasteiger partial charge < -0.3 is 41.9 Å². The van der Waals surface area contributed by atoms with Gasteiger partial charge in [-0.1, -0.05) is 44.2 Å². The third kappa shape index (κ3) is 8.37. The van der Waals surface area contributed by atoms with Crippen LogP contribution >= 0.6 is 0 Å². The predicted octanol–water partition coefficient (Wildman–Crippen LogP) is -1.50. The SMILES string of the molecule is CC(C)C[C@H](N)C(=O)N[C@@H](CO)[C@@H](O)[C@@H](O)[C@H](O)C(=O)NC(c1ccccc1)[C@H](C)C(=O)O. The van der Waals surface area contributed by atoms with Gasteiger partial charge in [0.1, 0.15) is 12.2 Å². The molecule has 0 heterocycles. The molecule has 0 saturated heterocycles. The summed E-state index contributed by atoms with van der Waals surface area (Å²) in [6.07, 6.45) is -5.85. The van der Waals surface area contributed by atoms with Crippen LogP contribution < -0.4 is 16.4 Å². The highest BCUT2D eigenvalue weighted by atomic mass is 16.4. The fraction of sp³-hybridized carbons (Fsp3) is 0.591. The average Bonchev–Trinajstić information content (AvgIpc) is 2.78. The summed E-state index contributed by atoms with van der Waals surface area (Å²) in [6, 6.07) is 4.85. The Bertz CT molecular complexity index is 776. The number of carboxylic acid groups (broad SMARTS) is 1. The summed E-state index contributed by atoms with van der Waals surface area (Å²) >= 11 is 0. The average molecular weight is 470 g/mol. The Morgan fingerprint density at radius 3 is 2.00 bits per heavy atom. The third-order valence-electron chi connectivity index (χ3n) is 5.29. The molecule has 1 rings (SSSR count). The van der Waals surface area contributed by atoms with Crippen LogP contribution in [0.15, 0.2) is 30.3 Å². The van der Waals surface area contributed by atoms with Gasteiger partial charge in [0.2, 0.25) is 5.91 Å². The zero-order valence-electron chi connectivity index (χ0n) is 19.0. The zero-order chi connectivity index (χ0) is 25.3. The first-order chi connectivity index (χ1) is 15.4. The smallest absolute Gasteiger partial charge is 0.308 e. The highest BCUT2D eigenvalue weighted by molar-refractivity contribution is 5.83. The Hall–Kier alpha value is -2.57. The van der Waals surface area contributed by atoms with Gasteiger partial charge in [0, 0.05) is 0 Å². The van der Waals surface area contributed by atoms with Crippen molar-refractivity contribution in [3.05, 3.63) is 35.9 Å². The van der Waals surface area contributed by atoms with Gasteiger partial charge in [0.05, 0.1) is 30.7 Å². The van der Waals surface area contributed by atoms with Crippen LogP contribution in [-0.2, 0) is 14.4 Å². The number of rotatable bonds is 13. The molecular weight excluding hydrogens is 434 g/mol. The molecule has 1 unspecified atom stereocenters. The number of aliphatic hydroxyl groups is 4. The van der Waals surface area contributed by atoms with Crippen molar-refractivity contribution in [3.63, 3.8) is 0 Å². The number of benzene rings is 1. The second-order valence-electron chi connectivity index (χ2n) is 8.48. The minimum Gasteiger partial charge on any atom is -0.481 e. The van der Waals surface area contributed by atoms with Crippen molar-refractivity contribution in [1.29, 1.82) is 0 Å². The Morgan fingerprint density at radius 2 is 1.52 bits per heavy atom. The molecule has 9 N–H and O–H groups in total. The number of nitrogens with one attached hydrogen (secondary N) is 2. The molecule has 0 fully saturated rings. The highest BCUT2D eigenvalue weighted by Crippen LogP contribution is 2.22. The number of aliphatic carboxylic acids is 1. The number of hydrogen-bond donors (Lipinski definition) is 8. The minimum atomic E-state index is -2.18. The first-order valence-corrected chi connectivity index (χ1v) is 10.7. The normalized spacial score (nSPS) is 17.8. The molecule has 1 aromatic rings. The maximum absolute atomic E-state index is 12.6. The molecule has 0 aliphatic carbocycles. The van der Waals surface area contributed by atoms with E-state index in [1.807, 2.05) is 13.8 Å². The standard InChI is InChI=1S/C22H35N3O8/c1-11(2)9-14(23)20(30)24-15(10-26)17(27)18(28)19(29)21(31)25-16(12(3)22(32)33)13-7-5-4-6-8-13/h4-8,11-12,14-19,26-29H,9-10,23H2,1-3H3,(H,24,30)(H,25,31)(H,32,33)/t12-,14-,15-,16?,17+,18+,19-/m0/s1. The van der Waals surface area contributed by atoms with Crippen molar-refractivity contribution in [1.82, 2.24) is 10.6 Å². The monoisotopic (exact) mass is 469 g/mol. The first-order valence-electron chi connectivity index (χ1n) is 10.7. The number of carbonyl (C=O) groups is 3. The second-order valence-corrected chi connectivity index (χ2v) is 8.48. The maximum atomic E-state index is 12.6.